The van der Waals surface area contributed by atoms with E-state index < -0.39 is 52.0 Å². The molecule has 1 saturated carbocycles. The highest BCUT2D eigenvalue weighted by atomic mass is 79.9. The molecule has 0 bridgehead atoms. The maximum atomic E-state index is 13.8. The van der Waals surface area contributed by atoms with Crippen LogP contribution in [-0.4, -0.2) is 58.1 Å². The lowest BCUT2D eigenvalue weighted by atomic mass is 9.81. The highest BCUT2D eigenvalue weighted by Crippen LogP contribution is 2.44. The largest absolute Gasteiger partial charge is 0.379 e. The predicted molar refractivity (Wildman–Crippen MR) is 171 cm³/mol. The number of halogens is 4. The number of imide groups is 1. The molecule has 0 spiro atoms. The first kappa shape index (κ1) is 32.6. The zero-order chi connectivity index (χ0) is 31.9. The first-order valence-corrected chi connectivity index (χ1v) is 17.3. The summed E-state index contributed by atoms with van der Waals surface area (Å²) < 4.78 is 30.5. The van der Waals surface area contributed by atoms with E-state index in [1.54, 1.807) is 12.1 Å². The van der Waals surface area contributed by atoms with Crippen LogP contribution in [0, 0.1) is 18.8 Å². The number of carbonyl (C=O) groups excluding carboxylic acids is 4. The van der Waals surface area contributed by atoms with Crippen LogP contribution in [0.5, 0.6) is 5.75 Å². The van der Waals surface area contributed by atoms with Crippen molar-refractivity contribution < 1.29 is 31.8 Å². The van der Waals surface area contributed by atoms with Crippen LogP contribution in [0.4, 0.5) is 0 Å². The van der Waals surface area contributed by atoms with E-state index in [0.717, 1.165) is 15.6 Å². The Morgan fingerprint density at radius 3 is 2.02 bits per heavy atom. The fraction of sp³-hybridized carbons (Fsp3) is 0.267. The molecular formula is C30H24Br2Cl2N2O7S. The van der Waals surface area contributed by atoms with E-state index in [4.69, 9.17) is 27.4 Å². The molecule has 3 aromatic carbocycles. The third-order valence-electron chi connectivity index (χ3n) is 7.51. The van der Waals surface area contributed by atoms with Crippen molar-refractivity contribution in [2.24, 2.45) is 11.8 Å². The zero-order valence-electron chi connectivity index (χ0n) is 23.0. The number of fused-ring (bicyclic) bond motifs is 1. The molecule has 1 aliphatic heterocycles. The SMILES string of the molecule is Cc1ccc(S(=O)(=O)Oc2ccc(C(=O)CN(C(=O)c3ccc(Cl)cc3Cl)N3C(=O)[C@@H]4C[C@@H](Br)[C@@H](Br)C[C@H]4C3=O)cc2)cc1. The van der Waals surface area contributed by atoms with Gasteiger partial charge in [-0.3, -0.25) is 19.2 Å². The molecule has 14 heteroatoms. The normalized spacial score (nSPS) is 21.6. The van der Waals surface area contributed by atoms with Crippen molar-refractivity contribution in [3.8, 4) is 5.75 Å². The van der Waals surface area contributed by atoms with Crippen LogP contribution in [0.25, 0.3) is 0 Å². The maximum Gasteiger partial charge on any atom is 0.339 e. The van der Waals surface area contributed by atoms with Gasteiger partial charge in [0.2, 0.25) is 0 Å². The topological polar surface area (TPSA) is 118 Å². The summed E-state index contributed by atoms with van der Waals surface area (Å²) in [6.07, 6.45) is 0.735. The Balaban J connectivity index is 1.41. The van der Waals surface area contributed by atoms with Gasteiger partial charge in [-0.25, -0.2) is 5.01 Å². The fourth-order valence-corrected chi connectivity index (χ4v) is 7.81. The van der Waals surface area contributed by atoms with Crippen molar-refractivity contribution in [1.82, 2.24) is 10.0 Å². The second-order valence-electron chi connectivity index (χ2n) is 10.5. The summed E-state index contributed by atoms with van der Waals surface area (Å²) in [6, 6.07) is 15.5. The second kappa shape index (κ2) is 12.9. The van der Waals surface area contributed by atoms with Gasteiger partial charge in [0.1, 0.15) is 17.2 Å². The lowest BCUT2D eigenvalue weighted by Gasteiger charge is -2.30. The summed E-state index contributed by atoms with van der Waals surface area (Å²) >= 11 is 19.4. The quantitative estimate of drug-likeness (QED) is 0.115. The van der Waals surface area contributed by atoms with Crippen molar-refractivity contribution in [1.29, 1.82) is 0 Å². The van der Waals surface area contributed by atoms with Gasteiger partial charge in [0.05, 0.1) is 22.4 Å². The van der Waals surface area contributed by atoms with Gasteiger partial charge in [-0.05, 0) is 74.4 Å². The number of ketones is 1. The number of amides is 3. The number of hydrogen-bond donors (Lipinski definition) is 0. The molecule has 4 atom stereocenters. The lowest BCUT2D eigenvalue weighted by Crippen LogP contribution is -2.52. The minimum absolute atomic E-state index is 0.0196. The minimum Gasteiger partial charge on any atom is -0.379 e. The van der Waals surface area contributed by atoms with E-state index in [1.165, 1.54) is 54.6 Å². The van der Waals surface area contributed by atoms with Crippen LogP contribution in [-0.2, 0) is 19.7 Å². The summed E-state index contributed by atoms with van der Waals surface area (Å²) in [5.74, 6) is -4.00. The zero-order valence-corrected chi connectivity index (χ0v) is 28.5. The Bertz CT molecular complexity index is 1730. The Labute approximate surface area is 280 Å². The van der Waals surface area contributed by atoms with Gasteiger partial charge >= 0.3 is 10.1 Å². The number of rotatable bonds is 8. The number of carbonyl (C=O) groups is 4. The molecule has 9 nitrogen and oxygen atoms in total. The highest BCUT2D eigenvalue weighted by molar-refractivity contribution is 9.12. The van der Waals surface area contributed by atoms with Crippen molar-refractivity contribution in [3.63, 3.8) is 0 Å². The molecule has 0 unspecified atom stereocenters. The molecule has 0 N–H and O–H groups in total. The summed E-state index contributed by atoms with van der Waals surface area (Å²) in [6.45, 7) is 1.15. The first-order chi connectivity index (χ1) is 20.8. The van der Waals surface area contributed by atoms with Crippen LogP contribution in [0.3, 0.4) is 0 Å². The second-order valence-corrected chi connectivity index (χ2v) is 15.2. The number of benzene rings is 3. The van der Waals surface area contributed by atoms with E-state index in [9.17, 15) is 27.6 Å². The Morgan fingerprint density at radius 1 is 0.909 bits per heavy atom. The van der Waals surface area contributed by atoms with Crippen molar-refractivity contribution in [2.75, 3.05) is 6.54 Å². The third kappa shape index (κ3) is 6.60. The number of Topliss-reactive ketones (excluding diaryl/α,β-unsaturated/α-hetero) is 1. The number of alkyl halides is 2. The molecule has 2 fully saturated rings. The number of hydrazine groups is 1. The fourth-order valence-electron chi connectivity index (χ4n) is 5.15. The van der Waals surface area contributed by atoms with E-state index in [0.29, 0.717) is 12.8 Å². The molecule has 3 aromatic rings. The van der Waals surface area contributed by atoms with Crippen LogP contribution in [0.15, 0.2) is 71.6 Å². The van der Waals surface area contributed by atoms with Gasteiger partial charge in [-0.15, -0.1) is 0 Å². The highest BCUT2D eigenvalue weighted by Gasteiger charge is 2.55. The Hall–Kier alpha value is -2.77. The van der Waals surface area contributed by atoms with E-state index >= 15 is 0 Å². The molecule has 2 aliphatic rings. The van der Waals surface area contributed by atoms with Crippen LogP contribution >= 0.6 is 55.1 Å². The molecule has 5 rings (SSSR count). The number of hydrogen-bond acceptors (Lipinski definition) is 7. The van der Waals surface area contributed by atoms with E-state index in [2.05, 4.69) is 31.9 Å². The van der Waals surface area contributed by atoms with Crippen LogP contribution < -0.4 is 4.18 Å². The van der Waals surface area contributed by atoms with Gasteiger partial charge < -0.3 is 4.18 Å². The number of nitrogens with zero attached hydrogens (tertiary/aromatic N) is 2. The summed E-state index contributed by atoms with van der Waals surface area (Å²) in [4.78, 5) is 54.3. The average Bonchev–Trinajstić information content (AvgIpc) is 3.20. The summed E-state index contributed by atoms with van der Waals surface area (Å²) in [5, 5.41) is 1.83. The van der Waals surface area contributed by atoms with Crippen molar-refractivity contribution in [2.45, 2.75) is 34.3 Å². The monoisotopic (exact) mass is 784 g/mol. The molecule has 0 aromatic heterocycles. The first-order valence-electron chi connectivity index (χ1n) is 13.3. The standard InChI is InChI=1S/C30H24Br2Cl2N2O7S/c1-16-2-9-20(10-3-16)44(41,42)43-19-7-4-17(5-8-19)27(37)15-35(28(38)21-11-6-18(33)12-26(21)34)36-29(39)22-13-24(31)25(32)14-23(22)30(36)40/h2-12,22-25H,13-15H2,1H3/t22-,23-,24-,25+/m1/s1. The van der Waals surface area contributed by atoms with Crippen LogP contribution in [0.2, 0.25) is 10.0 Å². The molecule has 1 aliphatic carbocycles. The van der Waals surface area contributed by atoms with Gasteiger partial charge in [-0.2, -0.15) is 13.4 Å². The van der Waals surface area contributed by atoms with Crippen molar-refractivity contribution in [3.05, 3.63) is 93.5 Å². The molecule has 44 heavy (non-hydrogen) atoms. The van der Waals surface area contributed by atoms with Gasteiger partial charge in [-0.1, -0.05) is 72.8 Å². The summed E-state index contributed by atoms with van der Waals surface area (Å²) in [5.41, 5.74) is 0.914. The molecule has 0 radical (unpaired) electrons. The lowest BCUT2D eigenvalue weighted by molar-refractivity contribution is -0.154. The molecular weight excluding hydrogens is 763 g/mol. The Morgan fingerprint density at radius 2 is 1.48 bits per heavy atom. The van der Waals surface area contributed by atoms with Gasteiger partial charge in [0, 0.05) is 20.2 Å². The van der Waals surface area contributed by atoms with E-state index in [1.807, 2.05) is 6.92 Å². The smallest absolute Gasteiger partial charge is 0.339 e. The number of aryl methyl sites for hydroxylation is 1. The van der Waals surface area contributed by atoms with Gasteiger partial charge in [0.25, 0.3) is 17.7 Å². The molecule has 1 heterocycles. The third-order valence-corrected chi connectivity index (χ3v) is 12.1. The summed E-state index contributed by atoms with van der Waals surface area (Å²) in [7, 11) is -4.12. The molecule has 230 valence electrons. The Kier molecular flexibility index (Phi) is 9.58. The average molecular weight is 787 g/mol. The minimum atomic E-state index is -4.12. The van der Waals surface area contributed by atoms with E-state index in [-0.39, 0.29) is 41.5 Å². The molecule has 3 amide bonds. The van der Waals surface area contributed by atoms with Gasteiger partial charge in [0.15, 0.2) is 5.78 Å². The maximum absolute atomic E-state index is 13.8. The molecule has 1 saturated heterocycles. The predicted octanol–water partition coefficient (Wildman–Crippen LogP) is 6.23. The van der Waals surface area contributed by atoms with Crippen LogP contribution in [0.1, 0.15) is 39.1 Å². The van der Waals surface area contributed by atoms with Crippen molar-refractivity contribution >= 4 is 88.7 Å².